The van der Waals surface area contributed by atoms with Crippen molar-refractivity contribution in [2.45, 2.75) is 65.6 Å². The standard InChI is InChI=1S/C15H28O2/c1-5-12(7-6-11(2)3)15(4)9-8-13(16)14(17)10-15/h6-7,11-14,16-17H,5,8-10H2,1-4H3/b7-6-/t12?,13-,14?,15-/m1/s1. The fraction of sp³-hybridized carbons (Fsp3) is 0.867. The molecule has 2 nitrogen and oxygen atoms in total. The minimum Gasteiger partial charge on any atom is -0.390 e. The quantitative estimate of drug-likeness (QED) is 0.741. The van der Waals surface area contributed by atoms with Gasteiger partial charge >= 0.3 is 0 Å². The Labute approximate surface area is 106 Å². The van der Waals surface area contributed by atoms with Crippen molar-refractivity contribution in [2.75, 3.05) is 0 Å². The van der Waals surface area contributed by atoms with Gasteiger partial charge in [0.2, 0.25) is 0 Å². The molecule has 1 aliphatic rings. The molecule has 0 aromatic heterocycles. The highest BCUT2D eigenvalue weighted by atomic mass is 16.3. The SMILES string of the molecule is CCC(/C=C\C(C)C)[C@]1(C)CC[C@@H](O)C(O)C1. The van der Waals surface area contributed by atoms with Crippen molar-refractivity contribution in [2.24, 2.45) is 17.3 Å². The number of allylic oxidation sites excluding steroid dienone is 2. The summed E-state index contributed by atoms with van der Waals surface area (Å²) in [4.78, 5) is 0. The Morgan fingerprint density at radius 2 is 1.88 bits per heavy atom. The third-order valence-corrected chi connectivity index (χ3v) is 4.19. The van der Waals surface area contributed by atoms with Crippen molar-refractivity contribution >= 4 is 0 Å². The lowest BCUT2D eigenvalue weighted by molar-refractivity contribution is -0.0609. The van der Waals surface area contributed by atoms with Crippen LogP contribution in [-0.2, 0) is 0 Å². The number of hydrogen-bond acceptors (Lipinski definition) is 2. The van der Waals surface area contributed by atoms with Crippen LogP contribution in [0.3, 0.4) is 0 Å². The van der Waals surface area contributed by atoms with Gasteiger partial charge in [0.25, 0.3) is 0 Å². The molecule has 0 aliphatic heterocycles. The van der Waals surface area contributed by atoms with Gasteiger partial charge in [0.05, 0.1) is 12.2 Å². The Morgan fingerprint density at radius 3 is 2.35 bits per heavy atom. The minimum atomic E-state index is -0.546. The van der Waals surface area contributed by atoms with Gasteiger partial charge < -0.3 is 10.2 Å². The highest BCUT2D eigenvalue weighted by molar-refractivity contribution is 5.01. The molecule has 1 rings (SSSR count). The Morgan fingerprint density at radius 1 is 1.24 bits per heavy atom. The van der Waals surface area contributed by atoms with Gasteiger partial charge in [-0.05, 0) is 42.9 Å². The van der Waals surface area contributed by atoms with Crippen LogP contribution in [-0.4, -0.2) is 22.4 Å². The molecule has 4 atom stereocenters. The second kappa shape index (κ2) is 6.01. The van der Waals surface area contributed by atoms with E-state index in [-0.39, 0.29) is 5.41 Å². The first-order chi connectivity index (χ1) is 7.89. The van der Waals surface area contributed by atoms with E-state index in [1.54, 1.807) is 0 Å². The number of rotatable bonds is 4. The monoisotopic (exact) mass is 240 g/mol. The van der Waals surface area contributed by atoms with Crippen LogP contribution < -0.4 is 0 Å². The summed E-state index contributed by atoms with van der Waals surface area (Å²) >= 11 is 0. The maximum Gasteiger partial charge on any atom is 0.0804 e. The summed E-state index contributed by atoms with van der Waals surface area (Å²) in [5.74, 6) is 1.08. The molecule has 0 saturated heterocycles. The van der Waals surface area contributed by atoms with E-state index >= 15 is 0 Å². The van der Waals surface area contributed by atoms with Crippen LogP contribution in [0.5, 0.6) is 0 Å². The Hall–Kier alpha value is -0.340. The Balaban J connectivity index is 2.73. The highest BCUT2D eigenvalue weighted by Crippen LogP contribution is 2.44. The Bertz CT molecular complexity index is 260. The summed E-state index contributed by atoms with van der Waals surface area (Å²) in [5, 5.41) is 19.5. The van der Waals surface area contributed by atoms with Crippen molar-refractivity contribution in [3.63, 3.8) is 0 Å². The van der Waals surface area contributed by atoms with Gasteiger partial charge in [-0.1, -0.05) is 39.8 Å². The molecule has 0 aromatic carbocycles. The first-order valence-electron chi connectivity index (χ1n) is 6.93. The molecule has 0 radical (unpaired) electrons. The van der Waals surface area contributed by atoms with E-state index in [4.69, 9.17) is 0 Å². The molecular weight excluding hydrogens is 212 g/mol. The summed E-state index contributed by atoms with van der Waals surface area (Å²) in [6.07, 6.45) is 7.06. The zero-order valence-electron chi connectivity index (χ0n) is 11.7. The molecule has 100 valence electrons. The molecule has 1 aliphatic carbocycles. The molecule has 0 bridgehead atoms. The van der Waals surface area contributed by atoms with Crippen LogP contribution in [0.1, 0.15) is 53.4 Å². The van der Waals surface area contributed by atoms with Gasteiger partial charge in [-0.3, -0.25) is 0 Å². The minimum absolute atomic E-state index is 0.138. The van der Waals surface area contributed by atoms with E-state index in [0.717, 1.165) is 25.7 Å². The second-order valence-electron chi connectivity index (χ2n) is 6.18. The van der Waals surface area contributed by atoms with Gasteiger partial charge in [0.1, 0.15) is 0 Å². The number of aliphatic hydroxyl groups is 2. The number of aliphatic hydroxyl groups excluding tert-OH is 2. The molecule has 0 spiro atoms. The molecule has 17 heavy (non-hydrogen) atoms. The van der Waals surface area contributed by atoms with Crippen molar-refractivity contribution < 1.29 is 10.2 Å². The largest absolute Gasteiger partial charge is 0.390 e. The molecule has 1 fully saturated rings. The van der Waals surface area contributed by atoms with E-state index in [2.05, 4.69) is 39.8 Å². The van der Waals surface area contributed by atoms with E-state index in [9.17, 15) is 10.2 Å². The summed E-state index contributed by atoms with van der Waals surface area (Å²) in [6, 6.07) is 0. The van der Waals surface area contributed by atoms with Gasteiger partial charge in [-0.2, -0.15) is 0 Å². The van der Waals surface area contributed by atoms with Crippen molar-refractivity contribution in [3.8, 4) is 0 Å². The lowest BCUT2D eigenvalue weighted by Gasteiger charge is -2.43. The average Bonchev–Trinajstić information content (AvgIpc) is 2.24. The van der Waals surface area contributed by atoms with E-state index in [0.29, 0.717) is 11.8 Å². The summed E-state index contributed by atoms with van der Waals surface area (Å²) in [7, 11) is 0. The highest BCUT2D eigenvalue weighted by Gasteiger charge is 2.39. The molecule has 1 saturated carbocycles. The Kier molecular flexibility index (Phi) is 5.21. The zero-order valence-corrected chi connectivity index (χ0v) is 11.7. The van der Waals surface area contributed by atoms with Crippen molar-refractivity contribution in [1.82, 2.24) is 0 Å². The fourth-order valence-electron chi connectivity index (χ4n) is 2.94. The van der Waals surface area contributed by atoms with Crippen molar-refractivity contribution in [1.29, 1.82) is 0 Å². The lowest BCUT2D eigenvalue weighted by Crippen LogP contribution is -2.42. The first-order valence-corrected chi connectivity index (χ1v) is 6.93. The lowest BCUT2D eigenvalue weighted by atomic mass is 9.64. The zero-order chi connectivity index (χ0) is 13.1. The molecule has 2 N–H and O–H groups in total. The van der Waals surface area contributed by atoms with Crippen LogP contribution in [0.25, 0.3) is 0 Å². The van der Waals surface area contributed by atoms with Crippen LogP contribution in [0.2, 0.25) is 0 Å². The maximum atomic E-state index is 9.86. The predicted molar refractivity (Wildman–Crippen MR) is 71.7 cm³/mol. The van der Waals surface area contributed by atoms with Gasteiger partial charge in [-0.15, -0.1) is 0 Å². The molecule has 2 unspecified atom stereocenters. The van der Waals surface area contributed by atoms with Crippen LogP contribution in [0, 0.1) is 17.3 Å². The van der Waals surface area contributed by atoms with Crippen molar-refractivity contribution in [3.05, 3.63) is 12.2 Å². The molecule has 0 amide bonds. The maximum absolute atomic E-state index is 9.86. The number of hydrogen-bond donors (Lipinski definition) is 2. The van der Waals surface area contributed by atoms with E-state index in [1.807, 2.05) is 0 Å². The van der Waals surface area contributed by atoms with Gasteiger partial charge in [0, 0.05) is 0 Å². The third kappa shape index (κ3) is 3.82. The first kappa shape index (κ1) is 14.7. The van der Waals surface area contributed by atoms with Gasteiger partial charge in [0.15, 0.2) is 0 Å². The predicted octanol–water partition coefficient (Wildman–Crippen LogP) is 3.14. The van der Waals surface area contributed by atoms with Crippen LogP contribution >= 0.6 is 0 Å². The second-order valence-corrected chi connectivity index (χ2v) is 6.18. The molecular formula is C15H28O2. The van der Waals surface area contributed by atoms with Gasteiger partial charge in [-0.25, -0.2) is 0 Å². The summed E-state index contributed by atoms with van der Waals surface area (Å²) < 4.78 is 0. The van der Waals surface area contributed by atoms with E-state index < -0.39 is 12.2 Å². The van der Waals surface area contributed by atoms with Crippen LogP contribution in [0.15, 0.2) is 12.2 Å². The van der Waals surface area contributed by atoms with Crippen LogP contribution in [0.4, 0.5) is 0 Å². The fourth-order valence-corrected chi connectivity index (χ4v) is 2.94. The van der Waals surface area contributed by atoms with E-state index in [1.165, 1.54) is 0 Å². The normalized spacial score (nSPS) is 36.6. The topological polar surface area (TPSA) is 40.5 Å². The molecule has 0 aromatic rings. The summed E-state index contributed by atoms with van der Waals surface area (Å²) in [5.41, 5.74) is 0.138. The smallest absolute Gasteiger partial charge is 0.0804 e. The summed E-state index contributed by atoms with van der Waals surface area (Å²) in [6.45, 7) is 8.83. The average molecular weight is 240 g/mol. The molecule has 0 heterocycles. The third-order valence-electron chi connectivity index (χ3n) is 4.19. The molecule has 2 heteroatoms.